The third-order valence-corrected chi connectivity index (χ3v) is 5.29. The minimum atomic E-state index is -0.416. The zero-order valence-electron chi connectivity index (χ0n) is 13.5. The van der Waals surface area contributed by atoms with Crippen LogP contribution in [-0.4, -0.2) is 37.3 Å². The number of rotatable bonds is 4. The summed E-state index contributed by atoms with van der Waals surface area (Å²) in [5.74, 6) is 0.331. The molecule has 1 aromatic carbocycles. The van der Waals surface area contributed by atoms with Crippen molar-refractivity contribution in [1.29, 1.82) is 0 Å². The van der Waals surface area contributed by atoms with Gasteiger partial charge in [-0.15, -0.1) is 0 Å². The van der Waals surface area contributed by atoms with E-state index < -0.39 is 6.23 Å². The van der Waals surface area contributed by atoms with Crippen LogP contribution < -0.4 is 5.73 Å². The summed E-state index contributed by atoms with van der Waals surface area (Å²) >= 11 is 1.62. The number of hydrogen-bond donors (Lipinski definition) is 2. The van der Waals surface area contributed by atoms with Crippen molar-refractivity contribution in [2.24, 2.45) is 0 Å². The molecule has 1 aliphatic rings. The number of ether oxygens (including phenoxy) is 1. The van der Waals surface area contributed by atoms with Crippen LogP contribution in [0.3, 0.4) is 0 Å². The molecule has 1 aliphatic heterocycles. The molecule has 0 spiro atoms. The molecule has 3 heterocycles. The number of fused-ring (bicyclic) bond motifs is 1. The van der Waals surface area contributed by atoms with Crippen LogP contribution in [0.4, 0.5) is 5.82 Å². The Bertz CT molecular complexity index is 955. The lowest BCUT2D eigenvalue weighted by Gasteiger charge is -2.18. The number of aromatic nitrogens is 4. The number of nitrogen functional groups attached to an aromatic ring is 1. The van der Waals surface area contributed by atoms with Gasteiger partial charge in [-0.1, -0.05) is 30.0 Å². The summed E-state index contributed by atoms with van der Waals surface area (Å²) in [5.41, 5.74) is 8.20. The van der Waals surface area contributed by atoms with Gasteiger partial charge in [0.15, 0.2) is 17.7 Å². The molecule has 0 saturated heterocycles. The van der Waals surface area contributed by atoms with Crippen molar-refractivity contribution in [2.75, 3.05) is 12.3 Å². The molecular formula is C17H17N5O2S. The highest BCUT2D eigenvalue weighted by Gasteiger charge is 2.30. The lowest BCUT2D eigenvalue weighted by molar-refractivity contribution is -0.00765. The number of benzene rings is 1. The highest BCUT2D eigenvalue weighted by Crippen LogP contribution is 2.42. The van der Waals surface area contributed by atoms with Gasteiger partial charge in [0.05, 0.1) is 12.9 Å². The van der Waals surface area contributed by atoms with Crippen molar-refractivity contribution in [3.05, 3.63) is 53.5 Å². The van der Waals surface area contributed by atoms with Gasteiger partial charge in [0.2, 0.25) is 0 Å². The fourth-order valence-corrected chi connectivity index (χ4v) is 3.88. The SMILES string of the molecule is Cc1ccccc1SC1=C[C@@H](CO)O[C@H]1n1cnc2c(N)ncnc21. The Morgan fingerprint density at radius 2 is 2.12 bits per heavy atom. The molecule has 0 saturated carbocycles. The molecule has 3 N–H and O–H groups in total. The number of hydrogen-bond acceptors (Lipinski definition) is 7. The highest BCUT2D eigenvalue weighted by atomic mass is 32.2. The van der Waals surface area contributed by atoms with Crippen LogP contribution in [0.25, 0.3) is 11.2 Å². The van der Waals surface area contributed by atoms with Crippen LogP contribution in [-0.2, 0) is 4.74 Å². The van der Waals surface area contributed by atoms with Gasteiger partial charge < -0.3 is 15.6 Å². The minimum absolute atomic E-state index is 0.0852. The quantitative estimate of drug-likeness (QED) is 0.740. The molecule has 0 unspecified atom stereocenters. The Labute approximate surface area is 148 Å². The number of imidazole rings is 1. The Balaban J connectivity index is 1.73. The molecule has 4 rings (SSSR count). The van der Waals surface area contributed by atoms with E-state index in [4.69, 9.17) is 10.5 Å². The van der Waals surface area contributed by atoms with Crippen molar-refractivity contribution in [1.82, 2.24) is 19.5 Å². The van der Waals surface area contributed by atoms with Gasteiger partial charge in [0, 0.05) is 9.80 Å². The molecule has 128 valence electrons. The van der Waals surface area contributed by atoms with Crippen molar-refractivity contribution >= 4 is 28.7 Å². The van der Waals surface area contributed by atoms with Gasteiger partial charge in [-0.3, -0.25) is 4.57 Å². The molecule has 8 heteroatoms. The first-order chi connectivity index (χ1) is 12.2. The summed E-state index contributed by atoms with van der Waals surface area (Å²) in [6, 6.07) is 8.15. The predicted molar refractivity (Wildman–Crippen MR) is 95.9 cm³/mol. The number of aliphatic hydroxyl groups is 1. The van der Waals surface area contributed by atoms with Crippen molar-refractivity contribution in [3.8, 4) is 0 Å². The number of nitrogens with zero attached hydrogens (tertiary/aromatic N) is 4. The standard InChI is InChI=1S/C17H17N5O2S/c1-10-4-2-3-5-12(10)25-13-6-11(7-23)24-17(13)22-9-21-14-15(18)19-8-20-16(14)22/h2-6,8-9,11,17,23H,7H2,1H3,(H2,18,19,20)/t11-,17+/m0/s1. The Morgan fingerprint density at radius 3 is 2.92 bits per heavy atom. The van der Waals surface area contributed by atoms with Gasteiger partial charge >= 0.3 is 0 Å². The molecule has 0 fully saturated rings. The van der Waals surface area contributed by atoms with E-state index in [1.54, 1.807) is 18.1 Å². The second kappa shape index (κ2) is 6.47. The van der Waals surface area contributed by atoms with E-state index in [1.807, 2.05) is 22.8 Å². The summed E-state index contributed by atoms with van der Waals surface area (Å²) < 4.78 is 7.81. The molecule has 0 bridgehead atoms. The van der Waals surface area contributed by atoms with Gasteiger partial charge in [-0.25, -0.2) is 15.0 Å². The summed E-state index contributed by atoms with van der Waals surface area (Å²) in [7, 11) is 0. The van der Waals surface area contributed by atoms with E-state index in [0.717, 1.165) is 9.80 Å². The molecule has 0 radical (unpaired) electrons. The zero-order valence-corrected chi connectivity index (χ0v) is 14.3. The maximum Gasteiger partial charge on any atom is 0.169 e. The van der Waals surface area contributed by atoms with Crippen LogP contribution in [0.1, 0.15) is 11.8 Å². The number of aryl methyl sites for hydroxylation is 1. The third kappa shape index (κ3) is 2.88. The van der Waals surface area contributed by atoms with Crippen LogP contribution in [0, 0.1) is 6.92 Å². The maximum atomic E-state index is 9.53. The molecule has 25 heavy (non-hydrogen) atoms. The van der Waals surface area contributed by atoms with Gasteiger partial charge in [0.25, 0.3) is 0 Å². The maximum absolute atomic E-state index is 9.53. The smallest absolute Gasteiger partial charge is 0.169 e. The van der Waals surface area contributed by atoms with Gasteiger partial charge in [-0.05, 0) is 24.6 Å². The Morgan fingerprint density at radius 1 is 1.28 bits per heavy atom. The highest BCUT2D eigenvalue weighted by molar-refractivity contribution is 8.03. The van der Waals surface area contributed by atoms with E-state index in [0.29, 0.717) is 17.0 Å². The first kappa shape index (κ1) is 16.1. The minimum Gasteiger partial charge on any atom is -0.393 e. The first-order valence-corrected chi connectivity index (χ1v) is 8.63. The summed E-state index contributed by atoms with van der Waals surface area (Å²) in [6.45, 7) is 1.98. The number of nitrogens with two attached hydrogens (primary N) is 1. The van der Waals surface area contributed by atoms with E-state index in [2.05, 4.69) is 34.0 Å². The third-order valence-electron chi connectivity index (χ3n) is 4.04. The van der Waals surface area contributed by atoms with Gasteiger partial charge in [0.1, 0.15) is 17.9 Å². The van der Waals surface area contributed by atoms with Crippen LogP contribution >= 0.6 is 11.8 Å². The summed E-state index contributed by atoms with van der Waals surface area (Å²) in [5, 5.41) is 9.53. The average molecular weight is 355 g/mol. The van der Waals surface area contributed by atoms with Crippen LogP contribution in [0.2, 0.25) is 0 Å². The summed E-state index contributed by atoms with van der Waals surface area (Å²) in [4.78, 5) is 14.7. The lowest BCUT2D eigenvalue weighted by atomic mass is 10.2. The van der Waals surface area contributed by atoms with Crippen LogP contribution in [0.5, 0.6) is 0 Å². The monoisotopic (exact) mass is 355 g/mol. The van der Waals surface area contributed by atoms with Crippen molar-refractivity contribution in [2.45, 2.75) is 24.2 Å². The Hall–Kier alpha value is -2.42. The van der Waals surface area contributed by atoms with E-state index >= 15 is 0 Å². The fourth-order valence-electron chi connectivity index (χ4n) is 2.76. The van der Waals surface area contributed by atoms with Crippen LogP contribution in [0.15, 0.2) is 52.8 Å². The molecule has 0 aliphatic carbocycles. The number of aliphatic hydroxyl groups excluding tert-OH is 1. The average Bonchev–Trinajstić information content (AvgIpc) is 3.21. The molecule has 7 nitrogen and oxygen atoms in total. The number of anilines is 1. The molecule has 0 amide bonds. The molecular weight excluding hydrogens is 338 g/mol. The van der Waals surface area contributed by atoms with E-state index in [-0.39, 0.29) is 12.7 Å². The molecule has 2 aromatic heterocycles. The normalized spacial score (nSPS) is 20.2. The van der Waals surface area contributed by atoms with E-state index in [9.17, 15) is 5.11 Å². The lowest BCUT2D eigenvalue weighted by Crippen LogP contribution is -2.16. The summed E-state index contributed by atoms with van der Waals surface area (Å²) in [6.07, 6.45) is 4.21. The van der Waals surface area contributed by atoms with Crippen molar-refractivity contribution < 1.29 is 9.84 Å². The molecule has 3 aromatic rings. The Kier molecular flexibility index (Phi) is 4.16. The van der Waals surface area contributed by atoms with Gasteiger partial charge in [-0.2, -0.15) is 0 Å². The second-order valence-electron chi connectivity index (χ2n) is 5.73. The van der Waals surface area contributed by atoms with E-state index in [1.165, 1.54) is 11.9 Å². The fraction of sp³-hybridized carbons (Fsp3) is 0.235. The predicted octanol–water partition coefficient (Wildman–Crippen LogP) is 2.28. The largest absolute Gasteiger partial charge is 0.393 e. The van der Waals surface area contributed by atoms with Crippen molar-refractivity contribution in [3.63, 3.8) is 0 Å². The number of thioether (sulfide) groups is 1. The zero-order chi connectivity index (χ0) is 17.4. The second-order valence-corrected chi connectivity index (χ2v) is 6.84. The first-order valence-electron chi connectivity index (χ1n) is 7.82. The topological polar surface area (TPSA) is 99.1 Å². The molecule has 2 atom stereocenters.